The van der Waals surface area contributed by atoms with Gasteiger partial charge in [0, 0.05) is 0 Å². The monoisotopic (exact) mass is 151 g/mol. The lowest BCUT2D eigenvalue weighted by atomic mass is 10.2. The third-order valence-electron chi connectivity index (χ3n) is 1.26. The Morgan fingerprint density at radius 1 is 1.80 bits per heavy atom. The van der Waals surface area contributed by atoms with Crippen LogP contribution in [0.1, 0.15) is 23.9 Å². The topological polar surface area (TPSA) is 12.9 Å². The number of terminal acetylenes is 1. The Bertz CT molecular complexity index is 244. The second-order valence-corrected chi connectivity index (χ2v) is 2.88. The molecule has 0 fully saturated rings. The summed E-state index contributed by atoms with van der Waals surface area (Å²) in [4.78, 5) is 5.14. The fourth-order valence-electron chi connectivity index (χ4n) is 0.802. The largest absolute Gasteiger partial charge is 0.248 e. The van der Waals surface area contributed by atoms with Crippen molar-refractivity contribution in [3.63, 3.8) is 0 Å². The van der Waals surface area contributed by atoms with Crippen LogP contribution in [0.3, 0.4) is 0 Å². The van der Waals surface area contributed by atoms with Crippen LogP contribution in [-0.2, 0) is 6.42 Å². The summed E-state index contributed by atoms with van der Waals surface area (Å²) in [6, 6.07) is 0. The average molecular weight is 151 g/mol. The Hall–Kier alpha value is -0.810. The molecule has 1 aromatic heterocycles. The van der Waals surface area contributed by atoms with Crippen LogP contribution in [0, 0.1) is 12.3 Å². The van der Waals surface area contributed by atoms with Gasteiger partial charge < -0.3 is 0 Å². The number of nitrogens with zero attached hydrogens (tertiary/aromatic N) is 1. The Labute approximate surface area is 65.1 Å². The zero-order valence-corrected chi connectivity index (χ0v) is 6.74. The Balaban J connectivity index is 2.82. The van der Waals surface area contributed by atoms with Gasteiger partial charge in [-0.05, 0) is 6.42 Å². The molecule has 0 spiro atoms. The van der Waals surface area contributed by atoms with E-state index in [-0.39, 0.29) is 0 Å². The van der Waals surface area contributed by atoms with E-state index in [0.29, 0.717) is 0 Å². The third-order valence-corrected chi connectivity index (χ3v) is 2.06. The van der Waals surface area contributed by atoms with Gasteiger partial charge in [-0.25, -0.2) is 4.98 Å². The van der Waals surface area contributed by atoms with Gasteiger partial charge in [-0.15, -0.1) is 17.8 Å². The van der Waals surface area contributed by atoms with Gasteiger partial charge >= 0.3 is 0 Å². The summed E-state index contributed by atoms with van der Waals surface area (Å²) in [5.74, 6) is 2.62. The van der Waals surface area contributed by atoms with Crippen LogP contribution in [0.4, 0.5) is 0 Å². The van der Waals surface area contributed by atoms with E-state index in [9.17, 15) is 0 Å². The Kier molecular flexibility index (Phi) is 2.47. The number of rotatable bonds is 2. The number of aromatic nitrogens is 1. The molecule has 0 saturated heterocycles. The summed E-state index contributed by atoms with van der Waals surface area (Å²) in [6.45, 7) is 2.12. The standard InChI is InChI=1S/C8H9NS/c1-3-5-7-8(4-2)10-6-9-7/h2,6H,3,5H2,1H3. The van der Waals surface area contributed by atoms with Crippen LogP contribution >= 0.6 is 11.3 Å². The lowest BCUT2D eigenvalue weighted by Crippen LogP contribution is -1.84. The van der Waals surface area contributed by atoms with Crippen molar-refractivity contribution in [3.05, 3.63) is 16.1 Å². The zero-order valence-electron chi connectivity index (χ0n) is 5.92. The molecule has 0 aliphatic carbocycles. The first kappa shape index (κ1) is 7.30. The highest BCUT2D eigenvalue weighted by molar-refractivity contribution is 7.10. The van der Waals surface area contributed by atoms with E-state index in [1.165, 1.54) is 0 Å². The van der Waals surface area contributed by atoms with Crippen molar-refractivity contribution in [2.75, 3.05) is 0 Å². The molecular formula is C8H9NS. The van der Waals surface area contributed by atoms with Crippen molar-refractivity contribution >= 4 is 11.3 Å². The summed E-state index contributed by atoms with van der Waals surface area (Å²) in [6.07, 6.45) is 7.36. The minimum atomic E-state index is 0.988. The molecule has 0 aliphatic rings. The Morgan fingerprint density at radius 2 is 2.60 bits per heavy atom. The first-order chi connectivity index (χ1) is 4.88. The van der Waals surface area contributed by atoms with E-state index in [4.69, 9.17) is 6.42 Å². The second-order valence-electron chi connectivity index (χ2n) is 2.02. The molecule has 0 bridgehead atoms. The maximum Gasteiger partial charge on any atom is 0.0996 e. The van der Waals surface area contributed by atoms with E-state index >= 15 is 0 Å². The molecule has 0 unspecified atom stereocenters. The minimum Gasteiger partial charge on any atom is -0.248 e. The maximum absolute atomic E-state index is 5.25. The number of thiazole rings is 1. The van der Waals surface area contributed by atoms with E-state index in [2.05, 4.69) is 17.8 Å². The molecule has 10 heavy (non-hydrogen) atoms. The van der Waals surface area contributed by atoms with Gasteiger partial charge in [0.2, 0.25) is 0 Å². The van der Waals surface area contributed by atoms with Crippen molar-refractivity contribution in [2.24, 2.45) is 0 Å². The molecule has 0 amide bonds. The van der Waals surface area contributed by atoms with Gasteiger partial charge in [0.15, 0.2) is 0 Å². The molecule has 1 heterocycles. The van der Waals surface area contributed by atoms with Gasteiger partial charge in [0.1, 0.15) is 0 Å². The van der Waals surface area contributed by atoms with Gasteiger partial charge in [-0.1, -0.05) is 19.3 Å². The summed E-state index contributed by atoms with van der Waals surface area (Å²) in [5, 5.41) is 0. The quantitative estimate of drug-likeness (QED) is 0.590. The highest BCUT2D eigenvalue weighted by Crippen LogP contribution is 2.12. The smallest absolute Gasteiger partial charge is 0.0996 e. The van der Waals surface area contributed by atoms with Crippen molar-refractivity contribution in [3.8, 4) is 12.3 Å². The second kappa shape index (κ2) is 3.38. The molecule has 0 aromatic carbocycles. The van der Waals surface area contributed by atoms with Crippen LogP contribution in [0.15, 0.2) is 5.51 Å². The lowest BCUT2D eigenvalue weighted by molar-refractivity contribution is 0.890. The van der Waals surface area contributed by atoms with Crippen LogP contribution in [0.5, 0.6) is 0 Å². The first-order valence-electron chi connectivity index (χ1n) is 3.27. The maximum atomic E-state index is 5.25. The summed E-state index contributed by atoms with van der Waals surface area (Å²) >= 11 is 1.54. The molecule has 0 atom stereocenters. The summed E-state index contributed by atoms with van der Waals surface area (Å²) in [7, 11) is 0. The molecule has 0 radical (unpaired) electrons. The third kappa shape index (κ3) is 1.37. The predicted molar refractivity (Wildman–Crippen MR) is 44.0 cm³/mol. The summed E-state index contributed by atoms with van der Waals surface area (Å²) < 4.78 is 0. The molecular weight excluding hydrogens is 142 g/mol. The Morgan fingerprint density at radius 3 is 3.20 bits per heavy atom. The summed E-state index contributed by atoms with van der Waals surface area (Å²) in [5.41, 5.74) is 2.88. The SMILES string of the molecule is C#Cc1scnc1CCC. The molecule has 1 aromatic rings. The van der Waals surface area contributed by atoms with E-state index in [1.807, 2.05) is 0 Å². The first-order valence-corrected chi connectivity index (χ1v) is 4.15. The molecule has 0 N–H and O–H groups in total. The van der Waals surface area contributed by atoms with Crippen LogP contribution in [-0.4, -0.2) is 4.98 Å². The van der Waals surface area contributed by atoms with Crippen LogP contribution in [0.25, 0.3) is 0 Å². The lowest BCUT2D eigenvalue weighted by Gasteiger charge is -1.90. The number of aryl methyl sites for hydroxylation is 1. The molecule has 52 valence electrons. The average Bonchev–Trinajstić information content (AvgIpc) is 2.36. The van der Waals surface area contributed by atoms with E-state index < -0.39 is 0 Å². The number of hydrogen-bond acceptors (Lipinski definition) is 2. The van der Waals surface area contributed by atoms with Crippen LogP contribution in [0.2, 0.25) is 0 Å². The fourth-order valence-corrected chi connectivity index (χ4v) is 1.45. The van der Waals surface area contributed by atoms with Gasteiger partial charge in [0.05, 0.1) is 16.1 Å². The van der Waals surface area contributed by atoms with E-state index in [1.54, 1.807) is 16.8 Å². The van der Waals surface area contributed by atoms with Gasteiger partial charge in [-0.3, -0.25) is 0 Å². The molecule has 2 heteroatoms. The molecule has 0 aliphatic heterocycles. The molecule has 1 rings (SSSR count). The molecule has 0 saturated carbocycles. The van der Waals surface area contributed by atoms with Crippen molar-refractivity contribution in [1.29, 1.82) is 0 Å². The van der Waals surface area contributed by atoms with Gasteiger partial charge in [-0.2, -0.15) is 0 Å². The fraction of sp³-hybridized carbons (Fsp3) is 0.375. The number of hydrogen-bond donors (Lipinski definition) is 0. The highest BCUT2D eigenvalue weighted by Gasteiger charge is 1.99. The normalized spacial score (nSPS) is 9.20. The van der Waals surface area contributed by atoms with Crippen molar-refractivity contribution < 1.29 is 0 Å². The zero-order chi connectivity index (χ0) is 7.40. The van der Waals surface area contributed by atoms with E-state index in [0.717, 1.165) is 23.4 Å². The van der Waals surface area contributed by atoms with Crippen molar-refractivity contribution in [1.82, 2.24) is 4.98 Å². The minimum absolute atomic E-state index is 0.988. The van der Waals surface area contributed by atoms with Crippen molar-refractivity contribution in [2.45, 2.75) is 19.8 Å². The van der Waals surface area contributed by atoms with Gasteiger partial charge in [0.25, 0.3) is 0 Å². The van der Waals surface area contributed by atoms with Crippen LogP contribution < -0.4 is 0 Å². The highest BCUT2D eigenvalue weighted by atomic mass is 32.1. The predicted octanol–water partition coefficient (Wildman–Crippen LogP) is 2.08. The molecule has 1 nitrogen and oxygen atoms in total.